The average molecular weight is 405 g/mol. The summed E-state index contributed by atoms with van der Waals surface area (Å²) in [6, 6.07) is 16.9. The normalized spacial score (nSPS) is 10.2. The first-order chi connectivity index (χ1) is 14.4. The Morgan fingerprint density at radius 1 is 0.867 bits per heavy atom. The van der Waals surface area contributed by atoms with E-state index in [1.807, 2.05) is 19.9 Å². The quantitative estimate of drug-likeness (QED) is 0.545. The van der Waals surface area contributed by atoms with Crippen LogP contribution in [-0.4, -0.2) is 19.0 Å². The van der Waals surface area contributed by atoms with Gasteiger partial charge in [0.05, 0.1) is 12.7 Å². The van der Waals surface area contributed by atoms with Crippen molar-refractivity contribution in [2.75, 3.05) is 17.7 Å². The summed E-state index contributed by atoms with van der Waals surface area (Å²) in [7, 11) is 1.59. The van der Waals surface area contributed by atoms with E-state index in [0.717, 1.165) is 11.1 Å². The zero-order valence-corrected chi connectivity index (χ0v) is 17.0. The highest BCUT2D eigenvalue weighted by Gasteiger charge is 2.11. The van der Waals surface area contributed by atoms with Gasteiger partial charge in [0.25, 0.3) is 5.91 Å². The van der Waals surface area contributed by atoms with Crippen LogP contribution in [0.2, 0.25) is 0 Å². The predicted molar refractivity (Wildman–Crippen MR) is 117 cm³/mol. The highest BCUT2D eigenvalue weighted by atomic mass is 16.5. The first-order valence-corrected chi connectivity index (χ1v) is 9.27. The fourth-order valence-corrected chi connectivity index (χ4v) is 3.00. The van der Waals surface area contributed by atoms with Crippen molar-refractivity contribution >= 4 is 23.3 Å². The van der Waals surface area contributed by atoms with Crippen molar-refractivity contribution in [1.29, 1.82) is 0 Å². The number of amides is 3. The van der Waals surface area contributed by atoms with E-state index in [2.05, 4.69) is 10.6 Å². The number of rotatable bonds is 6. The second kappa shape index (κ2) is 9.00. The maximum absolute atomic E-state index is 12.5. The number of primary amides is 1. The number of anilines is 2. The van der Waals surface area contributed by atoms with Crippen molar-refractivity contribution in [2.24, 2.45) is 5.73 Å². The number of nitrogens with two attached hydrogens (primary N) is 1. The van der Waals surface area contributed by atoms with Crippen LogP contribution >= 0.6 is 0 Å². The van der Waals surface area contributed by atoms with Crippen LogP contribution in [0, 0.1) is 13.8 Å². The summed E-state index contributed by atoms with van der Waals surface area (Å²) in [6.45, 7) is 3.85. The Bertz CT molecular complexity index is 1100. The molecule has 154 valence electrons. The predicted octanol–water partition coefficient (Wildman–Crippen LogP) is 4.85. The third-order valence-corrected chi connectivity index (χ3v) is 4.46. The van der Waals surface area contributed by atoms with E-state index >= 15 is 0 Å². The minimum atomic E-state index is -0.580. The molecule has 3 amide bonds. The molecule has 7 nitrogen and oxygen atoms in total. The highest BCUT2D eigenvalue weighted by molar-refractivity contribution is 6.00. The van der Waals surface area contributed by atoms with Crippen molar-refractivity contribution in [3.05, 3.63) is 77.4 Å². The Balaban J connectivity index is 1.73. The second-order valence-corrected chi connectivity index (χ2v) is 6.71. The SMILES string of the molecule is COc1cc(NC(=O)Nc2cccc(Oc3ccccc3C(N)=O)c2)c(C)cc1C. The molecule has 0 atom stereocenters. The van der Waals surface area contributed by atoms with E-state index in [4.69, 9.17) is 15.2 Å². The highest BCUT2D eigenvalue weighted by Crippen LogP contribution is 2.28. The molecule has 0 spiro atoms. The zero-order valence-electron chi connectivity index (χ0n) is 17.0. The average Bonchev–Trinajstić information content (AvgIpc) is 2.70. The van der Waals surface area contributed by atoms with Gasteiger partial charge in [-0.25, -0.2) is 4.79 Å². The minimum absolute atomic E-state index is 0.275. The largest absolute Gasteiger partial charge is 0.496 e. The maximum Gasteiger partial charge on any atom is 0.323 e. The lowest BCUT2D eigenvalue weighted by molar-refractivity contribution is 0.0998. The number of urea groups is 1. The number of methoxy groups -OCH3 is 1. The molecule has 0 saturated heterocycles. The van der Waals surface area contributed by atoms with Crippen molar-refractivity contribution in [3.63, 3.8) is 0 Å². The molecule has 4 N–H and O–H groups in total. The molecule has 3 aromatic carbocycles. The molecule has 0 heterocycles. The molecule has 0 bridgehead atoms. The van der Waals surface area contributed by atoms with Gasteiger partial charge in [0.1, 0.15) is 17.2 Å². The number of ether oxygens (including phenoxy) is 2. The molecule has 3 rings (SSSR count). The van der Waals surface area contributed by atoms with E-state index in [0.29, 0.717) is 28.6 Å². The van der Waals surface area contributed by atoms with Crippen LogP contribution in [0.5, 0.6) is 17.2 Å². The van der Waals surface area contributed by atoms with Crippen molar-refractivity contribution < 1.29 is 19.1 Å². The van der Waals surface area contributed by atoms with Gasteiger partial charge >= 0.3 is 6.03 Å². The number of nitrogens with one attached hydrogen (secondary N) is 2. The summed E-state index contributed by atoms with van der Waals surface area (Å²) in [5.74, 6) is 0.909. The molecular formula is C23H23N3O4. The van der Waals surface area contributed by atoms with Crippen LogP contribution < -0.4 is 25.8 Å². The Morgan fingerprint density at radius 2 is 1.63 bits per heavy atom. The van der Waals surface area contributed by atoms with Gasteiger partial charge < -0.3 is 25.8 Å². The molecule has 0 aliphatic carbocycles. The molecule has 0 saturated carbocycles. The lowest BCUT2D eigenvalue weighted by Crippen LogP contribution is -2.20. The molecule has 0 fully saturated rings. The van der Waals surface area contributed by atoms with E-state index in [1.165, 1.54) is 0 Å². The van der Waals surface area contributed by atoms with Gasteiger partial charge in [-0.05, 0) is 49.2 Å². The van der Waals surface area contributed by atoms with Crippen LogP contribution in [0.25, 0.3) is 0 Å². The number of benzene rings is 3. The van der Waals surface area contributed by atoms with Crippen LogP contribution in [0.3, 0.4) is 0 Å². The molecule has 0 aromatic heterocycles. The summed E-state index contributed by atoms with van der Waals surface area (Å²) < 4.78 is 11.1. The maximum atomic E-state index is 12.5. The van der Waals surface area contributed by atoms with E-state index in [-0.39, 0.29) is 5.56 Å². The van der Waals surface area contributed by atoms with Gasteiger partial charge in [-0.15, -0.1) is 0 Å². The third-order valence-electron chi connectivity index (χ3n) is 4.46. The standard InChI is InChI=1S/C23H23N3O4/c1-14-11-15(2)21(29-3)13-19(14)26-23(28)25-16-7-6-8-17(12-16)30-20-10-5-4-9-18(20)22(24)27/h4-13H,1-3H3,(H2,24,27)(H2,25,26,28). The van der Waals surface area contributed by atoms with Crippen LogP contribution in [0.4, 0.5) is 16.2 Å². The summed E-state index contributed by atoms with van der Waals surface area (Å²) >= 11 is 0. The summed E-state index contributed by atoms with van der Waals surface area (Å²) in [5.41, 5.74) is 8.75. The Hall–Kier alpha value is -4.00. The Kier molecular flexibility index (Phi) is 6.22. The molecular weight excluding hydrogens is 382 g/mol. The number of carbonyl (C=O) groups excluding carboxylic acids is 2. The fraction of sp³-hybridized carbons (Fsp3) is 0.130. The van der Waals surface area contributed by atoms with Gasteiger partial charge in [-0.2, -0.15) is 0 Å². The minimum Gasteiger partial charge on any atom is -0.496 e. The smallest absolute Gasteiger partial charge is 0.323 e. The number of hydrogen-bond donors (Lipinski definition) is 3. The lowest BCUT2D eigenvalue weighted by atomic mass is 10.1. The molecule has 30 heavy (non-hydrogen) atoms. The van der Waals surface area contributed by atoms with Gasteiger partial charge in [-0.1, -0.05) is 24.3 Å². The number of hydrogen-bond acceptors (Lipinski definition) is 4. The molecule has 0 radical (unpaired) electrons. The van der Waals surface area contributed by atoms with E-state index < -0.39 is 11.9 Å². The van der Waals surface area contributed by atoms with Gasteiger partial charge in [0.15, 0.2) is 0 Å². The number of para-hydroxylation sites is 1. The number of aryl methyl sites for hydroxylation is 2. The molecule has 3 aromatic rings. The van der Waals surface area contributed by atoms with Gasteiger partial charge in [0.2, 0.25) is 0 Å². The summed E-state index contributed by atoms with van der Waals surface area (Å²) in [5, 5.41) is 5.59. The first kappa shape index (κ1) is 20.7. The zero-order chi connectivity index (χ0) is 21.7. The topological polar surface area (TPSA) is 103 Å². The fourth-order valence-electron chi connectivity index (χ4n) is 3.00. The molecule has 7 heteroatoms. The van der Waals surface area contributed by atoms with Crippen LogP contribution in [0.15, 0.2) is 60.7 Å². The van der Waals surface area contributed by atoms with Crippen molar-refractivity contribution in [3.8, 4) is 17.2 Å². The first-order valence-electron chi connectivity index (χ1n) is 9.27. The molecule has 0 unspecified atom stereocenters. The molecule has 0 aliphatic heterocycles. The van der Waals surface area contributed by atoms with Gasteiger partial charge in [-0.3, -0.25) is 4.79 Å². The van der Waals surface area contributed by atoms with Crippen LogP contribution in [-0.2, 0) is 0 Å². The van der Waals surface area contributed by atoms with Crippen molar-refractivity contribution in [1.82, 2.24) is 0 Å². The molecule has 0 aliphatic rings. The van der Waals surface area contributed by atoms with Crippen LogP contribution in [0.1, 0.15) is 21.5 Å². The lowest BCUT2D eigenvalue weighted by Gasteiger charge is -2.14. The second-order valence-electron chi connectivity index (χ2n) is 6.71. The Labute approximate surface area is 174 Å². The summed E-state index contributed by atoms with van der Waals surface area (Å²) in [6.07, 6.45) is 0. The van der Waals surface area contributed by atoms with E-state index in [1.54, 1.807) is 61.7 Å². The van der Waals surface area contributed by atoms with E-state index in [9.17, 15) is 9.59 Å². The third kappa shape index (κ3) is 4.88. The monoisotopic (exact) mass is 405 g/mol. The van der Waals surface area contributed by atoms with Gasteiger partial charge in [0, 0.05) is 23.5 Å². The van der Waals surface area contributed by atoms with Crippen molar-refractivity contribution in [2.45, 2.75) is 13.8 Å². The number of carbonyl (C=O) groups is 2. The Morgan fingerprint density at radius 3 is 2.37 bits per heavy atom. The summed E-state index contributed by atoms with van der Waals surface area (Å²) in [4.78, 5) is 24.0.